The number of likely N-dealkylation sites (N-methyl/N-ethyl adjacent to an activating group) is 1. The fourth-order valence-electron chi connectivity index (χ4n) is 2.36. The van der Waals surface area contributed by atoms with Crippen molar-refractivity contribution in [1.82, 2.24) is 10.6 Å². The van der Waals surface area contributed by atoms with Crippen molar-refractivity contribution >= 4 is 5.91 Å². The zero-order chi connectivity index (χ0) is 13.7. The van der Waals surface area contributed by atoms with Crippen molar-refractivity contribution in [3.8, 4) is 0 Å². The van der Waals surface area contributed by atoms with Crippen LogP contribution < -0.4 is 10.6 Å². The lowest BCUT2D eigenvalue weighted by Gasteiger charge is -2.34. The SMILES string of the molecule is CNCCc1ccccc1C(=O)NC1CC(OC)C1. The maximum absolute atomic E-state index is 12.3. The number of benzene rings is 1. The predicted molar refractivity (Wildman–Crippen MR) is 75.4 cm³/mol. The number of hydrogen-bond acceptors (Lipinski definition) is 3. The summed E-state index contributed by atoms with van der Waals surface area (Å²) >= 11 is 0. The first-order chi connectivity index (χ1) is 9.24. The minimum atomic E-state index is 0.0336. The molecule has 1 aromatic rings. The molecule has 0 unspecified atom stereocenters. The maximum atomic E-state index is 12.3. The van der Waals surface area contributed by atoms with Crippen LogP contribution in [0.3, 0.4) is 0 Å². The molecule has 0 saturated heterocycles. The van der Waals surface area contributed by atoms with Crippen molar-refractivity contribution < 1.29 is 9.53 Å². The Hall–Kier alpha value is -1.39. The Balaban J connectivity index is 1.95. The molecule has 0 heterocycles. The van der Waals surface area contributed by atoms with Gasteiger partial charge in [0.15, 0.2) is 0 Å². The molecule has 19 heavy (non-hydrogen) atoms. The summed E-state index contributed by atoms with van der Waals surface area (Å²) in [6, 6.07) is 8.07. The molecular formula is C15H22N2O2. The fraction of sp³-hybridized carbons (Fsp3) is 0.533. The van der Waals surface area contributed by atoms with Gasteiger partial charge in [-0.2, -0.15) is 0 Å². The smallest absolute Gasteiger partial charge is 0.251 e. The first kappa shape index (κ1) is 14.0. The lowest BCUT2D eigenvalue weighted by atomic mass is 9.89. The molecule has 0 aliphatic heterocycles. The Morgan fingerprint density at radius 1 is 1.37 bits per heavy atom. The molecule has 0 radical (unpaired) electrons. The third-order valence-electron chi connectivity index (χ3n) is 3.67. The average Bonchev–Trinajstić information content (AvgIpc) is 2.40. The van der Waals surface area contributed by atoms with E-state index in [0.717, 1.165) is 36.9 Å². The molecule has 1 aliphatic rings. The van der Waals surface area contributed by atoms with Crippen molar-refractivity contribution in [3.63, 3.8) is 0 Å². The number of carbonyl (C=O) groups is 1. The second kappa shape index (κ2) is 6.68. The number of rotatable bonds is 6. The van der Waals surface area contributed by atoms with E-state index in [4.69, 9.17) is 4.74 Å². The van der Waals surface area contributed by atoms with Gasteiger partial charge in [0.05, 0.1) is 6.10 Å². The summed E-state index contributed by atoms with van der Waals surface area (Å²) < 4.78 is 5.22. The van der Waals surface area contributed by atoms with Gasteiger partial charge in [-0.25, -0.2) is 0 Å². The van der Waals surface area contributed by atoms with E-state index in [1.807, 2.05) is 31.3 Å². The average molecular weight is 262 g/mol. The molecule has 1 amide bonds. The first-order valence-corrected chi connectivity index (χ1v) is 6.80. The Morgan fingerprint density at radius 3 is 2.79 bits per heavy atom. The molecule has 2 rings (SSSR count). The first-order valence-electron chi connectivity index (χ1n) is 6.80. The summed E-state index contributed by atoms with van der Waals surface area (Å²) in [4.78, 5) is 12.3. The Bertz CT molecular complexity index is 428. The highest BCUT2D eigenvalue weighted by atomic mass is 16.5. The van der Waals surface area contributed by atoms with Crippen LogP contribution in [0.2, 0.25) is 0 Å². The van der Waals surface area contributed by atoms with Crippen molar-refractivity contribution in [1.29, 1.82) is 0 Å². The number of nitrogens with one attached hydrogen (secondary N) is 2. The highest BCUT2D eigenvalue weighted by molar-refractivity contribution is 5.95. The summed E-state index contributed by atoms with van der Waals surface area (Å²) in [5, 5.41) is 6.19. The summed E-state index contributed by atoms with van der Waals surface area (Å²) in [7, 11) is 3.64. The standard InChI is InChI=1S/C15H22N2O2/c1-16-8-7-11-5-3-4-6-14(11)15(18)17-12-9-13(10-12)19-2/h3-6,12-13,16H,7-10H2,1-2H3,(H,17,18). The lowest BCUT2D eigenvalue weighted by molar-refractivity contribution is 0.0176. The number of ether oxygens (including phenoxy) is 1. The molecule has 0 aromatic heterocycles. The third-order valence-corrected chi connectivity index (χ3v) is 3.67. The van der Waals surface area contributed by atoms with Crippen LogP contribution in [-0.4, -0.2) is 38.8 Å². The highest BCUT2D eigenvalue weighted by Crippen LogP contribution is 2.23. The quantitative estimate of drug-likeness (QED) is 0.814. The molecule has 2 N–H and O–H groups in total. The summed E-state index contributed by atoms with van der Waals surface area (Å²) in [5.74, 6) is 0.0336. The molecule has 0 spiro atoms. The van der Waals surface area contributed by atoms with Crippen LogP contribution in [0, 0.1) is 0 Å². The number of carbonyl (C=O) groups excluding carboxylic acids is 1. The monoisotopic (exact) mass is 262 g/mol. The number of hydrogen-bond donors (Lipinski definition) is 2. The van der Waals surface area contributed by atoms with Gasteiger partial charge in [-0.15, -0.1) is 0 Å². The Kier molecular flexibility index (Phi) is 4.93. The lowest BCUT2D eigenvalue weighted by Crippen LogP contribution is -2.47. The summed E-state index contributed by atoms with van der Waals surface area (Å²) in [6.07, 6.45) is 3.01. The van der Waals surface area contributed by atoms with Crippen LogP contribution in [0.25, 0.3) is 0 Å². The van der Waals surface area contributed by atoms with Crippen LogP contribution in [0.4, 0.5) is 0 Å². The van der Waals surface area contributed by atoms with E-state index in [9.17, 15) is 4.79 Å². The van der Waals surface area contributed by atoms with Gasteiger partial charge in [-0.3, -0.25) is 4.79 Å². The Morgan fingerprint density at radius 2 is 2.11 bits per heavy atom. The van der Waals surface area contributed by atoms with E-state index in [1.54, 1.807) is 7.11 Å². The van der Waals surface area contributed by atoms with E-state index < -0.39 is 0 Å². The van der Waals surface area contributed by atoms with E-state index in [2.05, 4.69) is 10.6 Å². The normalized spacial score (nSPS) is 21.8. The maximum Gasteiger partial charge on any atom is 0.251 e. The van der Waals surface area contributed by atoms with E-state index >= 15 is 0 Å². The molecule has 4 nitrogen and oxygen atoms in total. The number of methoxy groups -OCH3 is 1. The zero-order valence-corrected chi connectivity index (χ0v) is 11.6. The van der Waals surface area contributed by atoms with Gasteiger partial charge in [0, 0.05) is 18.7 Å². The largest absolute Gasteiger partial charge is 0.381 e. The molecule has 1 aliphatic carbocycles. The van der Waals surface area contributed by atoms with Crippen molar-refractivity contribution in [2.75, 3.05) is 20.7 Å². The van der Waals surface area contributed by atoms with Crippen LogP contribution in [0.1, 0.15) is 28.8 Å². The predicted octanol–water partition coefficient (Wildman–Crippen LogP) is 1.36. The molecule has 4 heteroatoms. The van der Waals surface area contributed by atoms with Gasteiger partial charge in [-0.1, -0.05) is 18.2 Å². The highest BCUT2D eigenvalue weighted by Gasteiger charge is 2.30. The molecule has 104 valence electrons. The summed E-state index contributed by atoms with van der Waals surface area (Å²) in [6.45, 7) is 0.874. The number of amides is 1. The van der Waals surface area contributed by atoms with Gasteiger partial charge in [0.1, 0.15) is 0 Å². The molecule has 1 aromatic carbocycles. The fourth-order valence-corrected chi connectivity index (χ4v) is 2.36. The molecule has 1 saturated carbocycles. The van der Waals surface area contributed by atoms with Crippen LogP contribution in [0.5, 0.6) is 0 Å². The van der Waals surface area contributed by atoms with Crippen molar-refractivity contribution in [2.24, 2.45) is 0 Å². The van der Waals surface area contributed by atoms with Gasteiger partial charge in [0.2, 0.25) is 0 Å². The topological polar surface area (TPSA) is 50.4 Å². The second-order valence-electron chi connectivity index (χ2n) is 5.01. The summed E-state index contributed by atoms with van der Waals surface area (Å²) in [5.41, 5.74) is 1.88. The van der Waals surface area contributed by atoms with Gasteiger partial charge in [-0.05, 0) is 44.5 Å². The van der Waals surface area contributed by atoms with E-state index in [-0.39, 0.29) is 11.9 Å². The van der Waals surface area contributed by atoms with E-state index in [0.29, 0.717) is 6.10 Å². The molecule has 0 bridgehead atoms. The van der Waals surface area contributed by atoms with Gasteiger partial charge >= 0.3 is 0 Å². The minimum Gasteiger partial charge on any atom is -0.381 e. The minimum absolute atomic E-state index is 0.0336. The van der Waals surface area contributed by atoms with Crippen LogP contribution in [-0.2, 0) is 11.2 Å². The van der Waals surface area contributed by atoms with Crippen molar-refractivity contribution in [3.05, 3.63) is 35.4 Å². The Labute approximate surface area is 114 Å². The van der Waals surface area contributed by atoms with E-state index in [1.165, 1.54) is 0 Å². The molecule has 0 atom stereocenters. The molecule has 1 fully saturated rings. The third kappa shape index (κ3) is 3.55. The van der Waals surface area contributed by atoms with Crippen LogP contribution >= 0.6 is 0 Å². The van der Waals surface area contributed by atoms with Gasteiger partial charge in [0.25, 0.3) is 5.91 Å². The van der Waals surface area contributed by atoms with Crippen LogP contribution in [0.15, 0.2) is 24.3 Å². The van der Waals surface area contributed by atoms with Crippen molar-refractivity contribution in [2.45, 2.75) is 31.4 Å². The molecular weight excluding hydrogens is 240 g/mol. The zero-order valence-electron chi connectivity index (χ0n) is 11.6. The van der Waals surface area contributed by atoms with Gasteiger partial charge < -0.3 is 15.4 Å². The second-order valence-corrected chi connectivity index (χ2v) is 5.01.